The van der Waals surface area contributed by atoms with Crippen molar-refractivity contribution in [2.45, 2.75) is 71.9 Å². The predicted octanol–water partition coefficient (Wildman–Crippen LogP) is 3.26. The van der Waals surface area contributed by atoms with Gasteiger partial charge in [-0.3, -0.25) is 4.90 Å². The Balaban J connectivity index is 2.22. The van der Waals surface area contributed by atoms with Crippen LogP contribution in [0, 0.1) is 17.3 Å². The Morgan fingerprint density at radius 3 is 2.33 bits per heavy atom. The molecule has 106 valence electrons. The highest BCUT2D eigenvalue weighted by Crippen LogP contribution is 2.48. The molecule has 1 saturated carbocycles. The van der Waals surface area contributed by atoms with Crippen molar-refractivity contribution in [3.8, 4) is 0 Å². The minimum absolute atomic E-state index is 0.284. The molecule has 0 radical (unpaired) electrons. The van der Waals surface area contributed by atoms with Crippen LogP contribution in [0.1, 0.15) is 60.3 Å². The second-order valence-electron chi connectivity index (χ2n) is 7.98. The molecule has 2 heteroatoms. The number of rotatable bonds is 2. The van der Waals surface area contributed by atoms with E-state index in [4.69, 9.17) is 5.73 Å². The fourth-order valence-corrected chi connectivity index (χ4v) is 4.52. The van der Waals surface area contributed by atoms with Gasteiger partial charge in [0, 0.05) is 24.7 Å². The van der Waals surface area contributed by atoms with Gasteiger partial charge in [0.2, 0.25) is 0 Å². The molecule has 2 aliphatic rings. The first-order valence-corrected chi connectivity index (χ1v) is 7.76. The molecule has 2 fully saturated rings. The molecule has 0 bridgehead atoms. The lowest BCUT2D eigenvalue weighted by atomic mass is 9.79. The van der Waals surface area contributed by atoms with Crippen LogP contribution in [0.15, 0.2) is 0 Å². The lowest BCUT2D eigenvalue weighted by Gasteiger charge is -2.51. The van der Waals surface area contributed by atoms with Gasteiger partial charge < -0.3 is 5.73 Å². The van der Waals surface area contributed by atoms with Crippen LogP contribution in [0.5, 0.6) is 0 Å². The van der Waals surface area contributed by atoms with Crippen LogP contribution < -0.4 is 5.73 Å². The Morgan fingerprint density at radius 1 is 1.17 bits per heavy atom. The lowest BCUT2D eigenvalue weighted by Crippen LogP contribution is -2.60. The highest BCUT2D eigenvalue weighted by molar-refractivity contribution is 5.05. The van der Waals surface area contributed by atoms with Gasteiger partial charge in [0.1, 0.15) is 0 Å². The Labute approximate surface area is 113 Å². The van der Waals surface area contributed by atoms with Crippen LogP contribution in [-0.2, 0) is 0 Å². The van der Waals surface area contributed by atoms with E-state index in [0.717, 1.165) is 18.4 Å². The molecule has 0 amide bonds. The Morgan fingerprint density at radius 2 is 1.83 bits per heavy atom. The zero-order chi connectivity index (χ0) is 13.6. The normalized spacial score (nSPS) is 45.3. The monoisotopic (exact) mass is 252 g/mol. The molecule has 18 heavy (non-hydrogen) atoms. The zero-order valence-electron chi connectivity index (χ0n) is 13.0. The number of likely N-dealkylation sites (tertiary alicyclic amines) is 1. The molecule has 2 N–H and O–H groups in total. The van der Waals surface area contributed by atoms with Crippen LogP contribution in [0.2, 0.25) is 0 Å². The van der Waals surface area contributed by atoms with Crippen LogP contribution in [0.4, 0.5) is 0 Å². The molecule has 2 rings (SSSR count). The summed E-state index contributed by atoms with van der Waals surface area (Å²) in [7, 11) is 0. The summed E-state index contributed by atoms with van der Waals surface area (Å²) in [4.78, 5) is 2.78. The molecular formula is C16H32N2. The summed E-state index contributed by atoms with van der Waals surface area (Å²) < 4.78 is 0. The second kappa shape index (κ2) is 4.79. The van der Waals surface area contributed by atoms with Gasteiger partial charge in [-0.15, -0.1) is 0 Å². The van der Waals surface area contributed by atoms with Crippen LogP contribution in [-0.4, -0.2) is 29.6 Å². The van der Waals surface area contributed by atoms with Crippen molar-refractivity contribution in [3.63, 3.8) is 0 Å². The maximum absolute atomic E-state index is 6.23. The average Bonchev–Trinajstić information content (AvgIpc) is 2.61. The minimum atomic E-state index is 0.284. The molecular weight excluding hydrogens is 220 g/mol. The largest absolute Gasteiger partial charge is 0.329 e. The number of nitrogens with two attached hydrogens (primary N) is 1. The van der Waals surface area contributed by atoms with Gasteiger partial charge in [0.25, 0.3) is 0 Å². The van der Waals surface area contributed by atoms with Crippen molar-refractivity contribution >= 4 is 0 Å². The highest BCUT2D eigenvalue weighted by atomic mass is 15.3. The fourth-order valence-electron chi connectivity index (χ4n) is 4.52. The van der Waals surface area contributed by atoms with Crippen LogP contribution >= 0.6 is 0 Å². The quantitative estimate of drug-likeness (QED) is 0.817. The van der Waals surface area contributed by atoms with Gasteiger partial charge in [-0.05, 0) is 49.9 Å². The summed E-state index contributed by atoms with van der Waals surface area (Å²) in [6.07, 6.45) is 5.28. The third kappa shape index (κ3) is 2.46. The Bertz CT molecular complexity index is 299. The topological polar surface area (TPSA) is 29.3 Å². The molecule has 2 nitrogen and oxygen atoms in total. The summed E-state index contributed by atoms with van der Waals surface area (Å²) in [5.41, 5.74) is 6.99. The minimum Gasteiger partial charge on any atom is -0.329 e. The summed E-state index contributed by atoms with van der Waals surface area (Å²) in [6.45, 7) is 14.1. The van der Waals surface area contributed by atoms with Crippen molar-refractivity contribution < 1.29 is 0 Å². The van der Waals surface area contributed by atoms with Gasteiger partial charge in [-0.2, -0.15) is 0 Å². The summed E-state index contributed by atoms with van der Waals surface area (Å²) >= 11 is 0. The van der Waals surface area contributed by atoms with E-state index in [2.05, 4.69) is 39.5 Å². The van der Waals surface area contributed by atoms with Gasteiger partial charge in [-0.1, -0.05) is 27.7 Å². The number of hydrogen-bond donors (Lipinski definition) is 1. The average molecular weight is 252 g/mol. The van der Waals surface area contributed by atoms with E-state index in [9.17, 15) is 0 Å². The molecule has 0 aromatic rings. The first kappa shape index (κ1) is 14.3. The van der Waals surface area contributed by atoms with Gasteiger partial charge in [-0.25, -0.2) is 0 Å². The fraction of sp³-hybridized carbons (Fsp3) is 1.00. The van der Waals surface area contributed by atoms with E-state index in [0.29, 0.717) is 11.5 Å². The zero-order valence-corrected chi connectivity index (χ0v) is 13.0. The predicted molar refractivity (Wildman–Crippen MR) is 78.5 cm³/mol. The molecule has 0 spiro atoms. The van der Waals surface area contributed by atoms with E-state index in [1.807, 2.05) is 0 Å². The maximum Gasteiger partial charge on any atom is 0.0340 e. The molecule has 4 atom stereocenters. The highest BCUT2D eigenvalue weighted by Gasteiger charge is 2.49. The van der Waals surface area contributed by atoms with E-state index in [-0.39, 0.29) is 5.54 Å². The summed E-state index contributed by atoms with van der Waals surface area (Å²) in [5.74, 6) is 1.63. The first-order chi connectivity index (χ1) is 8.30. The van der Waals surface area contributed by atoms with E-state index < -0.39 is 0 Å². The third-order valence-electron chi connectivity index (χ3n) is 5.66. The van der Waals surface area contributed by atoms with Crippen LogP contribution in [0.25, 0.3) is 0 Å². The van der Waals surface area contributed by atoms with Gasteiger partial charge in [0.15, 0.2) is 0 Å². The van der Waals surface area contributed by atoms with Crippen LogP contribution in [0.3, 0.4) is 0 Å². The number of hydrogen-bond acceptors (Lipinski definition) is 2. The van der Waals surface area contributed by atoms with E-state index >= 15 is 0 Å². The molecule has 1 heterocycles. The van der Waals surface area contributed by atoms with Crippen molar-refractivity contribution in [1.29, 1.82) is 0 Å². The molecule has 0 aromatic heterocycles. The Kier molecular flexibility index (Phi) is 3.81. The van der Waals surface area contributed by atoms with Gasteiger partial charge in [0.05, 0.1) is 0 Å². The second-order valence-corrected chi connectivity index (χ2v) is 7.98. The molecule has 1 saturated heterocycles. The van der Waals surface area contributed by atoms with Gasteiger partial charge >= 0.3 is 0 Å². The van der Waals surface area contributed by atoms with Crippen molar-refractivity contribution in [2.75, 3.05) is 13.1 Å². The summed E-state index contributed by atoms with van der Waals surface area (Å²) in [6, 6.07) is 0.693. The first-order valence-electron chi connectivity index (χ1n) is 7.76. The third-order valence-corrected chi connectivity index (χ3v) is 5.66. The lowest BCUT2D eigenvalue weighted by molar-refractivity contribution is -0.0176. The maximum atomic E-state index is 6.23. The van der Waals surface area contributed by atoms with Crippen molar-refractivity contribution in [2.24, 2.45) is 23.0 Å². The molecule has 4 unspecified atom stereocenters. The SMILES string of the molecule is CC1CC(C)C(C)N(C2(CN)CCC(C)(C)C2)C1. The molecule has 1 aliphatic heterocycles. The number of piperidine rings is 1. The summed E-state index contributed by atoms with van der Waals surface area (Å²) in [5, 5.41) is 0. The van der Waals surface area contributed by atoms with E-state index in [1.165, 1.54) is 32.2 Å². The number of nitrogens with zero attached hydrogens (tertiary/aromatic N) is 1. The standard InChI is InChI=1S/C16H32N2/c1-12-8-13(2)14(3)18(9-12)16(11-17)7-6-15(4,5)10-16/h12-14H,6-11,17H2,1-5H3. The molecule has 0 aromatic carbocycles. The molecule has 1 aliphatic carbocycles. The smallest absolute Gasteiger partial charge is 0.0340 e. The van der Waals surface area contributed by atoms with Crippen molar-refractivity contribution in [1.82, 2.24) is 4.90 Å². The Hall–Kier alpha value is -0.0800. The van der Waals surface area contributed by atoms with E-state index in [1.54, 1.807) is 0 Å². The van der Waals surface area contributed by atoms with Crippen molar-refractivity contribution in [3.05, 3.63) is 0 Å².